The number of rotatable bonds is 10. The molecule has 0 radical (unpaired) electrons. The van der Waals surface area contributed by atoms with Gasteiger partial charge in [0.1, 0.15) is 0 Å². The van der Waals surface area contributed by atoms with Gasteiger partial charge in [0.05, 0.1) is 5.57 Å². The summed E-state index contributed by atoms with van der Waals surface area (Å²) >= 11 is 0. The number of benzene rings is 2. The Morgan fingerprint density at radius 2 is 1.69 bits per heavy atom. The van der Waals surface area contributed by atoms with Crippen molar-refractivity contribution in [1.82, 2.24) is 5.32 Å². The third kappa shape index (κ3) is 11.8. The molecular formula is C34H48N2O2U. The fraction of sp³-hybridized carbons (Fsp3) is 0.382. The van der Waals surface area contributed by atoms with Crippen LogP contribution in [0.1, 0.15) is 63.6 Å². The number of carbonyl (C=O) groups is 1. The number of carboxylic acid groups (broad SMARTS) is 1. The normalized spacial score (nSPS) is 14.7. The molecule has 1 aliphatic carbocycles. The Kier molecular flexibility index (Phi) is 19.5. The van der Waals surface area contributed by atoms with Crippen molar-refractivity contribution in [2.75, 3.05) is 18.9 Å². The molecule has 0 saturated heterocycles. The number of aliphatic carboxylic acids is 1. The zero-order valence-corrected chi connectivity index (χ0v) is 28.8. The van der Waals surface area contributed by atoms with Gasteiger partial charge in [0, 0.05) is 25.0 Å². The Hall–Kier alpha value is -2.22. The topological polar surface area (TPSA) is 61.4 Å². The van der Waals surface area contributed by atoms with Crippen molar-refractivity contribution in [2.24, 2.45) is 11.8 Å². The molecule has 2 aromatic rings. The number of hydrogen-bond donors (Lipinski definition) is 3. The molecule has 2 aromatic carbocycles. The standard InChI is InChI=1S/C18H23NO2.C14H19N.C2H6.U/c1-4-16(17(18(20)21)12(2)19-3)15-10-9-13-7-5-6-8-14(13)11-15;1-4-12(5-2)11-15-14-9-7-13(6-3)8-10-14;1-2;/h4-8,15,19H,9-11H2,1-3H3,(H,20,21);6-10,12,15H,1-5,11H2;1-2H3;/q;-2;;+2/b16-4-,17-12-;;;. The molecule has 1 atom stereocenters. The minimum absolute atomic E-state index is 0. The molecule has 5 heteroatoms. The van der Waals surface area contributed by atoms with Crippen LogP contribution in [0.4, 0.5) is 5.69 Å². The Bertz CT molecular complexity index is 1050. The predicted octanol–water partition coefficient (Wildman–Crippen LogP) is 8.15. The summed E-state index contributed by atoms with van der Waals surface area (Å²) in [5.41, 5.74) is 7.12. The summed E-state index contributed by atoms with van der Waals surface area (Å²) in [6, 6.07) is 16.7. The molecule has 0 amide bonds. The molecular weight excluding hydrogens is 706 g/mol. The van der Waals surface area contributed by atoms with E-state index in [1.165, 1.54) is 11.1 Å². The van der Waals surface area contributed by atoms with Gasteiger partial charge in [-0.25, -0.2) is 4.79 Å². The number of hydrogen-bond acceptors (Lipinski definition) is 3. The second-order valence-corrected chi connectivity index (χ2v) is 9.16. The fourth-order valence-corrected chi connectivity index (χ4v) is 4.52. The van der Waals surface area contributed by atoms with Crippen LogP contribution in [0.25, 0.3) is 6.08 Å². The van der Waals surface area contributed by atoms with Crippen molar-refractivity contribution in [2.45, 2.75) is 59.8 Å². The van der Waals surface area contributed by atoms with Gasteiger partial charge >= 0.3 is 37.1 Å². The van der Waals surface area contributed by atoms with Crippen LogP contribution in [0.15, 0.2) is 78.0 Å². The smallest absolute Gasteiger partial charge is 0.478 e. The number of nitrogens with one attached hydrogen (secondary N) is 2. The number of fused-ring (bicyclic) bond motifs is 1. The van der Waals surface area contributed by atoms with E-state index in [1.54, 1.807) is 7.05 Å². The molecule has 3 rings (SSSR count). The number of carboxylic acids is 1. The number of anilines is 1. The van der Waals surface area contributed by atoms with Gasteiger partial charge in [-0.2, -0.15) is 12.8 Å². The number of allylic oxidation sites excluding steroid dienone is 2. The Morgan fingerprint density at radius 3 is 2.18 bits per heavy atom. The predicted molar refractivity (Wildman–Crippen MR) is 165 cm³/mol. The largest absolute Gasteiger partial charge is 2.00 e. The van der Waals surface area contributed by atoms with E-state index < -0.39 is 5.97 Å². The molecule has 0 saturated carbocycles. The van der Waals surface area contributed by atoms with Gasteiger partial charge in [0.25, 0.3) is 0 Å². The summed E-state index contributed by atoms with van der Waals surface area (Å²) in [7, 11) is 1.77. The summed E-state index contributed by atoms with van der Waals surface area (Å²) in [4.78, 5) is 11.6. The van der Waals surface area contributed by atoms with Gasteiger partial charge in [-0.1, -0.05) is 74.9 Å². The average Bonchev–Trinajstić information content (AvgIpc) is 2.97. The summed E-state index contributed by atoms with van der Waals surface area (Å²) in [5.74, 6) is -0.0165. The van der Waals surface area contributed by atoms with Crippen LogP contribution in [0.2, 0.25) is 0 Å². The van der Waals surface area contributed by atoms with Gasteiger partial charge in [0.15, 0.2) is 0 Å². The molecule has 0 aliphatic heterocycles. The molecule has 3 N–H and O–H groups in total. The molecule has 0 spiro atoms. The first-order valence-corrected chi connectivity index (χ1v) is 13.8. The first-order valence-electron chi connectivity index (χ1n) is 13.8. The van der Waals surface area contributed by atoms with Crippen LogP contribution in [0.3, 0.4) is 0 Å². The van der Waals surface area contributed by atoms with E-state index in [0.717, 1.165) is 61.2 Å². The summed E-state index contributed by atoms with van der Waals surface area (Å²) in [6.45, 7) is 20.2. The maximum atomic E-state index is 11.6. The zero-order valence-electron chi connectivity index (χ0n) is 24.6. The van der Waals surface area contributed by atoms with E-state index in [4.69, 9.17) is 0 Å². The van der Waals surface area contributed by atoms with Crippen molar-refractivity contribution < 1.29 is 41.0 Å². The SMILES string of the molecule is C/C=C(\C(C(=O)O)=C(/C)NC)C1CCc2ccccc2C1.C=Cc1ccc(NCC(C[CH2-])C[CH2-])cc1.CC.[U+2]. The van der Waals surface area contributed by atoms with Gasteiger partial charge in [0.2, 0.25) is 0 Å². The van der Waals surface area contributed by atoms with E-state index in [2.05, 4.69) is 79.6 Å². The third-order valence-corrected chi connectivity index (χ3v) is 6.91. The molecule has 0 fully saturated rings. The Labute approximate surface area is 261 Å². The molecule has 0 bridgehead atoms. The number of aryl methyl sites for hydroxylation is 1. The van der Waals surface area contributed by atoms with Crippen LogP contribution in [-0.4, -0.2) is 24.7 Å². The van der Waals surface area contributed by atoms with Gasteiger partial charge in [-0.15, -0.1) is 0 Å². The first kappa shape index (κ1) is 36.8. The fourth-order valence-electron chi connectivity index (χ4n) is 4.52. The minimum Gasteiger partial charge on any atom is -0.478 e. The first-order chi connectivity index (χ1) is 18.4. The molecule has 1 unspecified atom stereocenters. The van der Waals surface area contributed by atoms with Crippen LogP contribution < -0.4 is 10.6 Å². The molecule has 4 nitrogen and oxygen atoms in total. The maximum Gasteiger partial charge on any atom is 2.00 e. The molecule has 0 heterocycles. The van der Waals surface area contributed by atoms with Gasteiger partial charge in [-0.05, 0) is 73.4 Å². The second-order valence-electron chi connectivity index (χ2n) is 9.16. The molecule has 0 aromatic heterocycles. The van der Waals surface area contributed by atoms with Crippen LogP contribution in [0.5, 0.6) is 0 Å². The van der Waals surface area contributed by atoms with Crippen molar-refractivity contribution in [1.29, 1.82) is 0 Å². The average molecular weight is 755 g/mol. The van der Waals surface area contributed by atoms with E-state index >= 15 is 0 Å². The summed E-state index contributed by atoms with van der Waals surface area (Å²) in [5, 5.41) is 15.9. The Morgan fingerprint density at radius 1 is 1.10 bits per heavy atom. The minimum atomic E-state index is -0.853. The van der Waals surface area contributed by atoms with Gasteiger partial charge in [-0.3, -0.25) is 0 Å². The summed E-state index contributed by atoms with van der Waals surface area (Å²) in [6.07, 6.45) is 8.61. The van der Waals surface area contributed by atoms with Gasteiger partial charge < -0.3 is 29.6 Å². The van der Waals surface area contributed by atoms with Crippen molar-refractivity contribution in [3.8, 4) is 0 Å². The van der Waals surface area contributed by atoms with Crippen molar-refractivity contribution in [3.63, 3.8) is 0 Å². The van der Waals surface area contributed by atoms with Crippen molar-refractivity contribution in [3.05, 3.63) is 109 Å². The quantitative estimate of drug-likeness (QED) is 0.130. The summed E-state index contributed by atoms with van der Waals surface area (Å²) < 4.78 is 0. The monoisotopic (exact) mass is 754 g/mol. The van der Waals surface area contributed by atoms with E-state index in [-0.39, 0.29) is 37.0 Å². The van der Waals surface area contributed by atoms with E-state index in [0.29, 0.717) is 11.5 Å². The van der Waals surface area contributed by atoms with Crippen molar-refractivity contribution >= 4 is 17.7 Å². The maximum absolute atomic E-state index is 11.6. The molecule has 39 heavy (non-hydrogen) atoms. The second kappa shape index (κ2) is 20.7. The van der Waals surface area contributed by atoms with Crippen LogP contribution in [0, 0.1) is 56.8 Å². The molecule has 1 aliphatic rings. The van der Waals surface area contributed by atoms with Crippen LogP contribution in [-0.2, 0) is 17.6 Å². The van der Waals surface area contributed by atoms with E-state index in [1.807, 2.05) is 39.8 Å². The zero-order chi connectivity index (χ0) is 28.5. The Balaban J connectivity index is 0.000000712. The van der Waals surface area contributed by atoms with E-state index in [9.17, 15) is 9.90 Å². The third-order valence-electron chi connectivity index (χ3n) is 6.91. The van der Waals surface area contributed by atoms with Crippen LogP contribution >= 0.6 is 0 Å². The molecule has 210 valence electrons.